The first-order valence-corrected chi connectivity index (χ1v) is 7.01. The largest absolute Gasteiger partial charge is 0.496 e. The summed E-state index contributed by atoms with van der Waals surface area (Å²) in [7, 11) is 1.42. The van der Waals surface area contributed by atoms with E-state index in [1.165, 1.54) is 13.2 Å². The maximum absolute atomic E-state index is 11.9. The summed E-state index contributed by atoms with van der Waals surface area (Å²) in [5, 5.41) is 4.20. The van der Waals surface area contributed by atoms with E-state index in [1.807, 2.05) is 5.32 Å². The highest BCUT2D eigenvalue weighted by molar-refractivity contribution is 5.98. The molecule has 0 aliphatic carbocycles. The molecule has 0 fully saturated rings. The molecule has 0 radical (unpaired) electrons. The molecule has 1 aromatic carbocycles. The van der Waals surface area contributed by atoms with Crippen LogP contribution in [0.2, 0.25) is 0 Å². The summed E-state index contributed by atoms with van der Waals surface area (Å²) >= 11 is 0. The summed E-state index contributed by atoms with van der Waals surface area (Å²) in [6.07, 6.45) is -0.928. The number of imide groups is 1. The first kappa shape index (κ1) is 18.9. The van der Waals surface area contributed by atoms with Gasteiger partial charge in [-0.3, -0.25) is 19.7 Å². The van der Waals surface area contributed by atoms with E-state index in [1.54, 1.807) is 25.1 Å². The number of hydrogen-bond donors (Lipinski definition) is 2. The summed E-state index contributed by atoms with van der Waals surface area (Å²) in [5.74, 6) is -1.84. The molecule has 1 rings (SSSR count). The first-order valence-electron chi connectivity index (χ1n) is 7.01. The number of nitrogens with one attached hydrogen (secondary N) is 2. The number of hydrogen-bond acceptors (Lipinski definition) is 7. The number of carbonyl (C=O) groups excluding carboxylic acids is 4. The monoisotopic (exact) mass is 338 g/mol. The Balaban J connectivity index is 2.37. The Hall–Kier alpha value is -3.10. The molecule has 1 aromatic rings. The Morgan fingerprint density at radius 2 is 1.79 bits per heavy atom. The van der Waals surface area contributed by atoms with Crippen molar-refractivity contribution in [2.75, 3.05) is 26.9 Å². The summed E-state index contributed by atoms with van der Waals surface area (Å²) in [4.78, 5) is 45.7. The van der Waals surface area contributed by atoms with Crippen molar-refractivity contribution in [3.05, 3.63) is 29.8 Å². The highest BCUT2D eigenvalue weighted by Gasteiger charge is 2.14. The Kier molecular flexibility index (Phi) is 7.76. The molecule has 2 N–H and O–H groups in total. The summed E-state index contributed by atoms with van der Waals surface area (Å²) in [6.45, 7) is 0.577. The zero-order valence-corrected chi connectivity index (χ0v) is 13.3. The van der Waals surface area contributed by atoms with Crippen LogP contribution >= 0.6 is 0 Å². The van der Waals surface area contributed by atoms with Gasteiger partial charge in [-0.05, 0) is 19.1 Å². The fraction of sp³-hybridized carbons (Fsp3) is 0.333. The van der Waals surface area contributed by atoms with Crippen LogP contribution in [-0.4, -0.2) is 50.7 Å². The van der Waals surface area contributed by atoms with E-state index < -0.39 is 37.0 Å². The molecule has 0 bridgehead atoms. The Morgan fingerprint density at radius 3 is 2.46 bits per heavy atom. The lowest BCUT2D eigenvalue weighted by Gasteiger charge is -2.09. The molecule has 0 spiro atoms. The van der Waals surface area contributed by atoms with Crippen molar-refractivity contribution < 1.29 is 33.4 Å². The fourth-order valence-corrected chi connectivity index (χ4v) is 1.59. The standard InChI is InChI=1S/C15H18N2O7/c1-3-23-15(21)17-12(18)9-24-13(19)8-16-14(20)10-6-4-5-7-11(10)22-2/h4-7H,3,8-9H2,1-2H3,(H,16,20)(H,17,18,21). The van der Waals surface area contributed by atoms with Gasteiger partial charge in [-0.15, -0.1) is 0 Å². The maximum atomic E-state index is 11.9. The molecule has 24 heavy (non-hydrogen) atoms. The lowest BCUT2D eigenvalue weighted by Crippen LogP contribution is -2.36. The second kappa shape index (κ2) is 9.82. The SMILES string of the molecule is CCOC(=O)NC(=O)COC(=O)CNC(=O)c1ccccc1OC. The number of esters is 1. The highest BCUT2D eigenvalue weighted by atomic mass is 16.6. The number of methoxy groups -OCH3 is 1. The first-order chi connectivity index (χ1) is 11.5. The molecule has 0 saturated heterocycles. The van der Waals surface area contributed by atoms with Crippen LogP contribution in [0.15, 0.2) is 24.3 Å². The van der Waals surface area contributed by atoms with Crippen LogP contribution in [0.4, 0.5) is 4.79 Å². The molecule has 3 amide bonds. The second-order valence-corrected chi connectivity index (χ2v) is 4.31. The number of amides is 3. The lowest BCUT2D eigenvalue weighted by molar-refractivity contribution is -0.147. The quantitative estimate of drug-likeness (QED) is 0.683. The van der Waals surface area contributed by atoms with Gasteiger partial charge in [-0.25, -0.2) is 4.79 Å². The van der Waals surface area contributed by atoms with Gasteiger partial charge < -0.3 is 19.5 Å². The number of rotatable bonds is 7. The van der Waals surface area contributed by atoms with E-state index >= 15 is 0 Å². The molecule has 0 aromatic heterocycles. The van der Waals surface area contributed by atoms with Gasteiger partial charge in [-0.1, -0.05) is 12.1 Å². The molecule has 0 heterocycles. The van der Waals surface area contributed by atoms with Crippen molar-refractivity contribution in [1.82, 2.24) is 10.6 Å². The smallest absolute Gasteiger partial charge is 0.413 e. The summed E-state index contributed by atoms with van der Waals surface area (Å²) < 4.78 is 14.1. The molecule has 9 heteroatoms. The van der Waals surface area contributed by atoms with E-state index in [0.29, 0.717) is 5.75 Å². The van der Waals surface area contributed by atoms with Gasteiger partial charge in [0.2, 0.25) is 0 Å². The van der Waals surface area contributed by atoms with Gasteiger partial charge in [0.05, 0.1) is 19.3 Å². The van der Waals surface area contributed by atoms with E-state index in [2.05, 4.69) is 14.8 Å². The van der Waals surface area contributed by atoms with Gasteiger partial charge in [0, 0.05) is 0 Å². The third-order valence-electron chi connectivity index (χ3n) is 2.63. The molecule has 130 valence electrons. The Bertz CT molecular complexity index is 616. The molecule has 0 aliphatic rings. The van der Waals surface area contributed by atoms with Crippen LogP contribution in [0.3, 0.4) is 0 Å². The second-order valence-electron chi connectivity index (χ2n) is 4.31. The Morgan fingerprint density at radius 1 is 1.08 bits per heavy atom. The van der Waals surface area contributed by atoms with Crippen LogP contribution in [0.5, 0.6) is 5.75 Å². The normalized spacial score (nSPS) is 9.58. The zero-order chi connectivity index (χ0) is 17.9. The van der Waals surface area contributed by atoms with E-state index in [0.717, 1.165) is 0 Å². The number of alkyl carbamates (subject to hydrolysis) is 1. The topological polar surface area (TPSA) is 120 Å². The zero-order valence-electron chi connectivity index (χ0n) is 13.3. The Labute approximate surface area is 138 Å². The number of carbonyl (C=O) groups is 4. The van der Waals surface area contributed by atoms with Crippen LogP contribution in [0.25, 0.3) is 0 Å². The molecular weight excluding hydrogens is 320 g/mol. The van der Waals surface area contributed by atoms with Crippen molar-refractivity contribution in [2.24, 2.45) is 0 Å². The third kappa shape index (κ3) is 6.34. The minimum atomic E-state index is -0.928. The number of para-hydroxylation sites is 1. The van der Waals surface area contributed by atoms with Crippen molar-refractivity contribution in [3.63, 3.8) is 0 Å². The van der Waals surface area contributed by atoms with Crippen molar-refractivity contribution in [2.45, 2.75) is 6.92 Å². The van der Waals surface area contributed by atoms with Crippen LogP contribution in [-0.2, 0) is 19.1 Å². The average molecular weight is 338 g/mol. The van der Waals surface area contributed by atoms with E-state index in [4.69, 9.17) is 4.74 Å². The maximum Gasteiger partial charge on any atom is 0.413 e. The fourth-order valence-electron chi connectivity index (χ4n) is 1.59. The van der Waals surface area contributed by atoms with E-state index in [-0.39, 0.29) is 12.2 Å². The predicted octanol–water partition coefficient (Wildman–Crippen LogP) is 0.241. The summed E-state index contributed by atoms with van der Waals surface area (Å²) in [6, 6.07) is 6.49. The lowest BCUT2D eigenvalue weighted by atomic mass is 10.2. The average Bonchev–Trinajstić information content (AvgIpc) is 2.57. The van der Waals surface area contributed by atoms with Crippen molar-refractivity contribution in [3.8, 4) is 5.75 Å². The highest BCUT2D eigenvalue weighted by Crippen LogP contribution is 2.16. The third-order valence-corrected chi connectivity index (χ3v) is 2.63. The van der Waals surface area contributed by atoms with Crippen LogP contribution < -0.4 is 15.4 Å². The minimum absolute atomic E-state index is 0.105. The molecular formula is C15H18N2O7. The van der Waals surface area contributed by atoms with Crippen LogP contribution in [0, 0.1) is 0 Å². The van der Waals surface area contributed by atoms with Gasteiger partial charge in [-0.2, -0.15) is 0 Å². The molecule has 0 atom stereocenters. The predicted molar refractivity (Wildman–Crippen MR) is 81.5 cm³/mol. The molecule has 0 saturated carbocycles. The van der Waals surface area contributed by atoms with Crippen molar-refractivity contribution >= 4 is 23.9 Å². The van der Waals surface area contributed by atoms with Crippen LogP contribution in [0.1, 0.15) is 17.3 Å². The minimum Gasteiger partial charge on any atom is -0.496 e. The number of benzene rings is 1. The van der Waals surface area contributed by atoms with Gasteiger partial charge in [0.1, 0.15) is 12.3 Å². The van der Waals surface area contributed by atoms with Gasteiger partial charge in [0.25, 0.3) is 11.8 Å². The molecule has 9 nitrogen and oxygen atoms in total. The van der Waals surface area contributed by atoms with Gasteiger partial charge >= 0.3 is 12.1 Å². The number of ether oxygens (including phenoxy) is 3. The van der Waals surface area contributed by atoms with E-state index in [9.17, 15) is 19.2 Å². The van der Waals surface area contributed by atoms with Crippen molar-refractivity contribution in [1.29, 1.82) is 0 Å². The molecule has 0 unspecified atom stereocenters. The van der Waals surface area contributed by atoms with Gasteiger partial charge in [0.15, 0.2) is 6.61 Å². The summed E-state index contributed by atoms with van der Waals surface area (Å²) in [5.41, 5.74) is 0.257. The molecule has 0 aliphatic heterocycles.